The lowest BCUT2D eigenvalue weighted by molar-refractivity contribution is -0.117. The molecule has 0 spiro atoms. The van der Waals surface area contributed by atoms with Crippen molar-refractivity contribution in [1.29, 1.82) is 0 Å². The molecule has 0 radical (unpaired) electrons. The predicted molar refractivity (Wildman–Crippen MR) is 85.7 cm³/mol. The Bertz CT molecular complexity index is 709. The SMILES string of the molecule is CNc1nnc(SCC(=O)NC(=O)c2ccc(OC(F)F)cc2)s1. The van der Waals surface area contributed by atoms with Crippen molar-refractivity contribution >= 4 is 40.0 Å². The second-order valence-corrected chi connectivity index (χ2v) is 6.39. The van der Waals surface area contributed by atoms with Gasteiger partial charge in [-0.05, 0) is 24.3 Å². The molecular weight excluding hydrogens is 362 g/mol. The molecule has 0 atom stereocenters. The van der Waals surface area contributed by atoms with Crippen LogP contribution >= 0.6 is 23.1 Å². The molecule has 0 aliphatic carbocycles. The van der Waals surface area contributed by atoms with Gasteiger partial charge in [0.05, 0.1) is 5.75 Å². The number of halogens is 2. The molecule has 1 aromatic carbocycles. The zero-order chi connectivity index (χ0) is 17.5. The first-order chi connectivity index (χ1) is 11.5. The molecule has 2 amide bonds. The van der Waals surface area contributed by atoms with E-state index in [9.17, 15) is 18.4 Å². The lowest BCUT2D eigenvalue weighted by Gasteiger charge is -2.06. The molecule has 0 saturated heterocycles. The number of benzene rings is 1. The van der Waals surface area contributed by atoms with Gasteiger partial charge < -0.3 is 10.1 Å². The molecule has 24 heavy (non-hydrogen) atoms. The first-order valence-electron chi connectivity index (χ1n) is 6.51. The number of ether oxygens (including phenoxy) is 1. The lowest BCUT2D eigenvalue weighted by atomic mass is 10.2. The fourth-order valence-corrected chi connectivity index (χ4v) is 3.02. The summed E-state index contributed by atoms with van der Waals surface area (Å²) < 4.78 is 28.8. The highest BCUT2D eigenvalue weighted by molar-refractivity contribution is 8.01. The minimum absolute atomic E-state index is 0.00331. The molecule has 0 fully saturated rings. The van der Waals surface area contributed by atoms with E-state index in [1.807, 2.05) is 0 Å². The summed E-state index contributed by atoms with van der Waals surface area (Å²) in [5.41, 5.74) is 0.156. The van der Waals surface area contributed by atoms with Crippen LogP contribution < -0.4 is 15.4 Å². The number of thioether (sulfide) groups is 1. The van der Waals surface area contributed by atoms with E-state index in [4.69, 9.17) is 0 Å². The summed E-state index contributed by atoms with van der Waals surface area (Å²) in [6.45, 7) is -2.94. The molecule has 2 N–H and O–H groups in total. The average molecular weight is 374 g/mol. The van der Waals surface area contributed by atoms with Gasteiger partial charge in [0.2, 0.25) is 11.0 Å². The number of carbonyl (C=O) groups is 2. The van der Waals surface area contributed by atoms with Crippen LogP contribution in [0.2, 0.25) is 0 Å². The summed E-state index contributed by atoms with van der Waals surface area (Å²) in [6, 6.07) is 5.02. The molecule has 0 aliphatic rings. The van der Waals surface area contributed by atoms with Gasteiger partial charge in [0.15, 0.2) is 4.34 Å². The largest absolute Gasteiger partial charge is 0.435 e. The maximum atomic E-state index is 12.0. The van der Waals surface area contributed by atoms with Gasteiger partial charge in [-0.2, -0.15) is 8.78 Å². The summed E-state index contributed by atoms with van der Waals surface area (Å²) in [7, 11) is 1.71. The van der Waals surface area contributed by atoms with Gasteiger partial charge >= 0.3 is 6.61 Å². The Morgan fingerprint density at radius 2 is 2.00 bits per heavy atom. The molecule has 11 heteroatoms. The van der Waals surface area contributed by atoms with E-state index in [1.54, 1.807) is 7.05 Å². The van der Waals surface area contributed by atoms with E-state index < -0.39 is 18.4 Å². The Balaban J connectivity index is 1.83. The highest BCUT2D eigenvalue weighted by atomic mass is 32.2. The molecule has 0 unspecified atom stereocenters. The number of rotatable bonds is 7. The Morgan fingerprint density at radius 1 is 1.29 bits per heavy atom. The van der Waals surface area contributed by atoms with Crippen molar-refractivity contribution in [3.63, 3.8) is 0 Å². The normalized spacial score (nSPS) is 10.5. The molecule has 0 aliphatic heterocycles. The molecular formula is C13H12F2N4O3S2. The molecule has 0 saturated carbocycles. The van der Waals surface area contributed by atoms with E-state index in [1.165, 1.54) is 35.6 Å². The van der Waals surface area contributed by atoms with Crippen LogP contribution in [-0.2, 0) is 4.79 Å². The minimum Gasteiger partial charge on any atom is -0.435 e. The van der Waals surface area contributed by atoms with Crippen molar-refractivity contribution in [1.82, 2.24) is 15.5 Å². The van der Waals surface area contributed by atoms with E-state index in [0.29, 0.717) is 9.47 Å². The van der Waals surface area contributed by atoms with Crippen molar-refractivity contribution < 1.29 is 23.1 Å². The van der Waals surface area contributed by atoms with Crippen molar-refractivity contribution in [2.45, 2.75) is 11.0 Å². The molecule has 2 rings (SSSR count). The van der Waals surface area contributed by atoms with Crippen LogP contribution in [-0.4, -0.2) is 41.4 Å². The number of hydrogen-bond acceptors (Lipinski definition) is 8. The van der Waals surface area contributed by atoms with Gasteiger partial charge in [-0.1, -0.05) is 23.1 Å². The van der Waals surface area contributed by atoms with Crippen LogP contribution in [0.5, 0.6) is 5.75 Å². The number of nitrogens with one attached hydrogen (secondary N) is 2. The second-order valence-electron chi connectivity index (χ2n) is 4.19. The van der Waals surface area contributed by atoms with E-state index >= 15 is 0 Å². The zero-order valence-corrected chi connectivity index (χ0v) is 13.9. The Hall–Kier alpha value is -2.27. The number of carbonyl (C=O) groups excluding carboxylic acids is 2. The van der Waals surface area contributed by atoms with Gasteiger partial charge in [-0.3, -0.25) is 14.9 Å². The quantitative estimate of drug-likeness (QED) is 0.718. The summed E-state index contributed by atoms with van der Waals surface area (Å²) in [4.78, 5) is 23.6. The van der Waals surface area contributed by atoms with Gasteiger partial charge in [-0.25, -0.2) is 0 Å². The van der Waals surface area contributed by atoms with Crippen molar-refractivity contribution in [3.05, 3.63) is 29.8 Å². The third kappa shape index (κ3) is 5.42. The lowest BCUT2D eigenvalue weighted by Crippen LogP contribution is -2.31. The van der Waals surface area contributed by atoms with Crippen molar-refractivity contribution in [3.8, 4) is 5.75 Å². The van der Waals surface area contributed by atoms with Crippen molar-refractivity contribution in [2.24, 2.45) is 0 Å². The monoisotopic (exact) mass is 374 g/mol. The van der Waals surface area contributed by atoms with E-state index in [2.05, 4.69) is 25.6 Å². The van der Waals surface area contributed by atoms with Crippen LogP contribution in [0.25, 0.3) is 0 Å². The van der Waals surface area contributed by atoms with Gasteiger partial charge in [0, 0.05) is 12.6 Å². The Labute approximate surface area is 143 Å². The highest BCUT2D eigenvalue weighted by Gasteiger charge is 2.13. The fourth-order valence-electron chi connectivity index (χ4n) is 1.52. The summed E-state index contributed by atoms with van der Waals surface area (Å²) >= 11 is 2.43. The first-order valence-corrected chi connectivity index (χ1v) is 8.31. The summed E-state index contributed by atoms with van der Waals surface area (Å²) in [5, 5.41) is 13.3. The molecule has 1 aromatic heterocycles. The van der Waals surface area contributed by atoms with Crippen LogP contribution in [0.3, 0.4) is 0 Å². The highest BCUT2D eigenvalue weighted by Crippen LogP contribution is 2.24. The third-order valence-electron chi connectivity index (χ3n) is 2.54. The Morgan fingerprint density at radius 3 is 2.58 bits per heavy atom. The van der Waals surface area contributed by atoms with E-state index in [0.717, 1.165) is 11.8 Å². The van der Waals surface area contributed by atoms with Crippen LogP contribution in [0, 0.1) is 0 Å². The smallest absolute Gasteiger partial charge is 0.387 e. The maximum Gasteiger partial charge on any atom is 0.387 e. The number of amides is 2. The summed E-state index contributed by atoms with van der Waals surface area (Å²) in [6.07, 6.45) is 0. The molecule has 2 aromatic rings. The van der Waals surface area contributed by atoms with E-state index in [-0.39, 0.29) is 17.1 Å². The fraction of sp³-hybridized carbons (Fsp3) is 0.231. The Kier molecular flexibility index (Phi) is 6.44. The number of hydrogen-bond donors (Lipinski definition) is 2. The number of anilines is 1. The number of aromatic nitrogens is 2. The number of alkyl halides is 2. The van der Waals surface area contributed by atoms with Gasteiger partial charge in [0.1, 0.15) is 5.75 Å². The predicted octanol–water partition coefficient (Wildman–Crippen LogP) is 2.23. The molecule has 7 nitrogen and oxygen atoms in total. The average Bonchev–Trinajstić information content (AvgIpc) is 3.01. The number of nitrogens with zero attached hydrogens (tertiary/aromatic N) is 2. The maximum absolute atomic E-state index is 12.0. The van der Waals surface area contributed by atoms with Crippen LogP contribution in [0.15, 0.2) is 28.6 Å². The first kappa shape index (κ1) is 18.1. The van der Waals surface area contributed by atoms with Gasteiger partial charge in [0.25, 0.3) is 5.91 Å². The standard InChI is InChI=1S/C13H12F2N4O3S2/c1-16-12-18-19-13(24-12)23-6-9(20)17-10(21)7-2-4-8(5-3-7)22-11(14)15/h2-5,11H,6H2,1H3,(H,16,18)(H,17,20,21). The molecule has 1 heterocycles. The van der Waals surface area contributed by atoms with Crippen molar-refractivity contribution in [2.75, 3.05) is 18.1 Å². The van der Waals surface area contributed by atoms with Crippen LogP contribution in [0.1, 0.15) is 10.4 Å². The zero-order valence-electron chi connectivity index (χ0n) is 12.3. The molecule has 128 valence electrons. The topological polar surface area (TPSA) is 93.2 Å². The third-order valence-corrected chi connectivity index (χ3v) is 4.62. The summed E-state index contributed by atoms with van der Waals surface area (Å²) in [5.74, 6) is -1.20. The minimum atomic E-state index is -2.94. The van der Waals surface area contributed by atoms with Crippen LogP contribution in [0.4, 0.5) is 13.9 Å². The molecule has 0 bridgehead atoms. The van der Waals surface area contributed by atoms with Gasteiger partial charge in [-0.15, -0.1) is 10.2 Å². The second kappa shape index (κ2) is 8.55. The number of imide groups is 1.